The molecule has 0 fully saturated rings. The van der Waals surface area contributed by atoms with Gasteiger partial charge in [0.15, 0.2) is 5.16 Å². The number of nitrogens with one attached hydrogen (secondary N) is 1. The summed E-state index contributed by atoms with van der Waals surface area (Å²) < 4.78 is 0. The third-order valence-corrected chi connectivity index (χ3v) is 3.32. The van der Waals surface area contributed by atoms with E-state index in [0.717, 1.165) is 0 Å². The van der Waals surface area contributed by atoms with Crippen LogP contribution in [0, 0.1) is 10.1 Å². The highest BCUT2D eigenvalue weighted by Crippen LogP contribution is 2.34. The Hall–Kier alpha value is -1.86. The second-order valence-corrected chi connectivity index (χ2v) is 4.69. The minimum atomic E-state index is -0.730. The number of H-pyrrole nitrogens is 1. The fourth-order valence-electron chi connectivity index (χ4n) is 1.43. The first-order valence-electron chi connectivity index (χ1n) is 5.21. The van der Waals surface area contributed by atoms with E-state index in [-0.39, 0.29) is 5.69 Å². The number of imidazole rings is 1. The van der Waals surface area contributed by atoms with E-state index >= 15 is 0 Å². The molecule has 1 atom stereocenters. The minimum Gasteiger partial charge on any atom is -0.389 e. The summed E-state index contributed by atoms with van der Waals surface area (Å²) in [6.07, 6.45) is 2.50. The van der Waals surface area contributed by atoms with Gasteiger partial charge in [0, 0.05) is 18.5 Å². The molecule has 2 N–H and O–H groups in total. The standard InChI is InChI=1S/C11H11N3O3S/c1-7(15)8-2-3-10(9(6-8)14(16)17)18-11-12-4-5-13-11/h2-7,15H,1H3,(H,12,13). The monoisotopic (exact) mass is 265 g/mol. The van der Waals surface area contributed by atoms with Crippen LogP contribution in [0.5, 0.6) is 0 Å². The topological polar surface area (TPSA) is 92.1 Å². The summed E-state index contributed by atoms with van der Waals surface area (Å²) in [6, 6.07) is 4.67. The molecule has 0 spiro atoms. The fourth-order valence-corrected chi connectivity index (χ4v) is 2.26. The number of aromatic nitrogens is 2. The van der Waals surface area contributed by atoms with Gasteiger partial charge in [-0.15, -0.1) is 0 Å². The van der Waals surface area contributed by atoms with Crippen molar-refractivity contribution < 1.29 is 10.0 Å². The van der Waals surface area contributed by atoms with Gasteiger partial charge in [-0.25, -0.2) is 4.98 Å². The molecule has 0 aliphatic rings. The molecule has 6 nitrogen and oxygen atoms in total. The first kappa shape index (κ1) is 12.6. The molecule has 2 rings (SSSR count). The molecule has 0 aliphatic heterocycles. The number of nitro groups is 1. The van der Waals surface area contributed by atoms with Gasteiger partial charge in [0.1, 0.15) is 0 Å². The van der Waals surface area contributed by atoms with Crippen LogP contribution in [0.15, 0.2) is 40.6 Å². The number of nitrogens with zero attached hydrogens (tertiary/aromatic N) is 2. The molecule has 0 amide bonds. The summed E-state index contributed by atoms with van der Waals surface area (Å²) in [6.45, 7) is 1.57. The first-order chi connectivity index (χ1) is 8.58. The van der Waals surface area contributed by atoms with Gasteiger partial charge in [-0.1, -0.05) is 6.07 Å². The van der Waals surface area contributed by atoms with Crippen LogP contribution in [0.3, 0.4) is 0 Å². The molecule has 0 saturated carbocycles. The van der Waals surface area contributed by atoms with Crippen LogP contribution in [0.4, 0.5) is 5.69 Å². The van der Waals surface area contributed by atoms with E-state index in [9.17, 15) is 15.2 Å². The summed E-state index contributed by atoms with van der Waals surface area (Å²) in [5, 5.41) is 21.0. The number of rotatable bonds is 4. The van der Waals surface area contributed by atoms with Gasteiger partial charge in [-0.2, -0.15) is 0 Å². The number of aromatic amines is 1. The lowest BCUT2D eigenvalue weighted by molar-refractivity contribution is -0.387. The molecule has 0 saturated heterocycles. The quantitative estimate of drug-likeness (QED) is 0.654. The second kappa shape index (κ2) is 5.19. The number of hydrogen-bond acceptors (Lipinski definition) is 5. The van der Waals surface area contributed by atoms with Crippen molar-refractivity contribution in [3.63, 3.8) is 0 Å². The van der Waals surface area contributed by atoms with Gasteiger partial charge in [-0.3, -0.25) is 10.1 Å². The summed E-state index contributed by atoms with van der Waals surface area (Å²) in [7, 11) is 0. The zero-order valence-electron chi connectivity index (χ0n) is 9.53. The zero-order chi connectivity index (χ0) is 13.1. The van der Waals surface area contributed by atoms with E-state index in [0.29, 0.717) is 15.6 Å². The highest BCUT2D eigenvalue weighted by Gasteiger charge is 2.17. The summed E-state index contributed by atoms with van der Waals surface area (Å²) >= 11 is 1.18. The van der Waals surface area contributed by atoms with Crippen LogP contribution in [0.1, 0.15) is 18.6 Å². The Morgan fingerprint density at radius 3 is 2.89 bits per heavy atom. The van der Waals surface area contributed by atoms with Gasteiger partial charge in [-0.05, 0) is 30.3 Å². The van der Waals surface area contributed by atoms with E-state index < -0.39 is 11.0 Å². The molecule has 1 aromatic heterocycles. The van der Waals surface area contributed by atoms with Crippen molar-refractivity contribution in [3.05, 3.63) is 46.3 Å². The van der Waals surface area contributed by atoms with Crippen LogP contribution in [0.25, 0.3) is 0 Å². The molecule has 1 unspecified atom stereocenters. The van der Waals surface area contributed by atoms with Gasteiger partial charge < -0.3 is 10.1 Å². The lowest BCUT2D eigenvalue weighted by atomic mass is 10.1. The predicted molar refractivity (Wildman–Crippen MR) is 66.4 cm³/mol. The molecular weight excluding hydrogens is 254 g/mol. The summed E-state index contributed by atoms with van der Waals surface area (Å²) in [5.41, 5.74) is 0.486. The molecule has 7 heteroatoms. The Bertz CT molecular complexity index is 555. The number of aliphatic hydroxyl groups excluding tert-OH is 1. The molecule has 0 radical (unpaired) electrons. The average molecular weight is 265 g/mol. The van der Waals surface area contributed by atoms with Crippen LogP contribution in [-0.4, -0.2) is 20.0 Å². The third kappa shape index (κ3) is 2.69. The smallest absolute Gasteiger partial charge is 0.283 e. The molecule has 94 valence electrons. The van der Waals surface area contributed by atoms with Crippen LogP contribution < -0.4 is 0 Å². The Kier molecular flexibility index (Phi) is 3.63. The van der Waals surface area contributed by atoms with Crippen molar-refractivity contribution in [2.75, 3.05) is 0 Å². The minimum absolute atomic E-state index is 0.0326. The van der Waals surface area contributed by atoms with Gasteiger partial charge in [0.2, 0.25) is 0 Å². The Labute approximate surface area is 107 Å². The zero-order valence-corrected chi connectivity index (χ0v) is 10.3. The van der Waals surface area contributed by atoms with Crippen molar-refractivity contribution in [1.82, 2.24) is 9.97 Å². The number of hydrogen-bond donors (Lipinski definition) is 2. The Morgan fingerprint density at radius 2 is 2.33 bits per heavy atom. The third-order valence-electron chi connectivity index (χ3n) is 2.34. The Morgan fingerprint density at radius 1 is 1.56 bits per heavy atom. The van der Waals surface area contributed by atoms with Crippen molar-refractivity contribution >= 4 is 17.4 Å². The number of benzene rings is 1. The Balaban J connectivity index is 2.37. The molecule has 0 aliphatic carbocycles. The van der Waals surface area contributed by atoms with Crippen LogP contribution in [0.2, 0.25) is 0 Å². The maximum atomic E-state index is 11.0. The molecule has 1 heterocycles. The lowest BCUT2D eigenvalue weighted by Gasteiger charge is -2.06. The first-order valence-corrected chi connectivity index (χ1v) is 6.03. The van der Waals surface area contributed by atoms with Crippen molar-refractivity contribution in [1.29, 1.82) is 0 Å². The fraction of sp³-hybridized carbons (Fsp3) is 0.182. The SMILES string of the molecule is CC(O)c1ccc(Sc2ncc[nH]2)c([N+](=O)[O-])c1. The normalized spacial score (nSPS) is 12.3. The second-order valence-electron chi connectivity index (χ2n) is 3.66. The number of nitro benzene ring substituents is 1. The van der Waals surface area contributed by atoms with Gasteiger partial charge in [0.05, 0.1) is 15.9 Å². The van der Waals surface area contributed by atoms with E-state index in [1.165, 1.54) is 17.8 Å². The van der Waals surface area contributed by atoms with E-state index in [1.54, 1.807) is 31.5 Å². The molecule has 2 aromatic rings. The maximum absolute atomic E-state index is 11.0. The number of aliphatic hydroxyl groups is 1. The highest BCUT2D eigenvalue weighted by molar-refractivity contribution is 7.99. The maximum Gasteiger partial charge on any atom is 0.283 e. The lowest BCUT2D eigenvalue weighted by Crippen LogP contribution is -1.96. The molecular formula is C11H11N3O3S. The van der Waals surface area contributed by atoms with Gasteiger partial charge >= 0.3 is 0 Å². The van der Waals surface area contributed by atoms with E-state index in [2.05, 4.69) is 9.97 Å². The van der Waals surface area contributed by atoms with Crippen molar-refractivity contribution in [2.24, 2.45) is 0 Å². The van der Waals surface area contributed by atoms with Crippen LogP contribution >= 0.6 is 11.8 Å². The summed E-state index contributed by atoms with van der Waals surface area (Å²) in [5.74, 6) is 0. The van der Waals surface area contributed by atoms with E-state index in [1.807, 2.05) is 0 Å². The van der Waals surface area contributed by atoms with Crippen molar-refractivity contribution in [3.8, 4) is 0 Å². The molecule has 0 bridgehead atoms. The predicted octanol–water partition coefficient (Wildman–Crippen LogP) is 2.52. The average Bonchev–Trinajstić information content (AvgIpc) is 2.81. The van der Waals surface area contributed by atoms with Crippen molar-refractivity contribution in [2.45, 2.75) is 23.1 Å². The van der Waals surface area contributed by atoms with Crippen LogP contribution in [-0.2, 0) is 0 Å². The molecule has 18 heavy (non-hydrogen) atoms. The highest BCUT2D eigenvalue weighted by atomic mass is 32.2. The van der Waals surface area contributed by atoms with E-state index in [4.69, 9.17) is 0 Å². The summed E-state index contributed by atoms with van der Waals surface area (Å²) in [4.78, 5) is 17.9. The van der Waals surface area contributed by atoms with Gasteiger partial charge in [0.25, 0.3) is 5.69 Å². The largest absolute Gasteiger partial charge is 0.389 e. The molecule has 1 aromatic carbocycles.